The van der Waals surface area contributed by atoms with Crippen LogP contribution in [0.3, 0.4) is 0 Å². The number of nitrogens with zero attached hydrogens (tertiary/aromatic N) is 5. The van der Waals surface area contributed by atoms with E-state index < -0.39 is 6.10 Å². The van der Waals surface area contributed by atoms with Crippen LogP contribution in [0.5, 0.6) is 5.88 Å². The van der Waals surface area contributed by atoms with Gasteiger partial charge in [-0.2, -0.15) is 0 Å². The lowest BCUT2D eigenvalue weighted by atomic mass is 10.00. The van der Waals surface area contributed by atoms with Crippen LogP contribution in [0.1, 0.15) is 16.7 Å². The maximum atomic E-state index is 12.9. The van der Waals surface area contributed by atoms with E-state index in [9.17, 15) is 9.90 Å². The first-order chi connectivity index (χ1) is 17.1. The largest absolute Gasteiger partial charge is 0.481 e. The Morgan fingerprint density at radius 3 is 2.51 bits per heavy atom. The maximum Gasteiger partial charge on any atom is 0.320 e. The van der Waals surface area contributed by atoms with Gasteiger partial charge in [0.25, 0.3) is 0 Å². The molecule has 2 amide bonds. The fraction of sp³-hybridized carbons (Fsp3) is 0.370. The predicted octanol–water partition coefficient (Wildman–Crippen LogP) is 2.81. The molecule has 182 valence electrons. The van der Waals surface area contributed by atoms with E-state index in [2.05, 4.69) is 39.1 Å². The number of aliphatic hydroxyl groups is 1. The smallest absolute Gasteiger partial charge is 0.320 e. The van der Waals surface area contributed by atoms with Gasteiger partial charge in [0.1, 0.15) is 0 Å². The molecule has 1 saturated heterocycles. The van der Waals surface area contributed by atoms with Crippen molar-refractivity contribution in [3.63, 3.8) is 0 Å². The van der Waals surface area contributed by atoms with Crippen LogP contribution in [-0.2, 0) is 19.5 Å². The van der Waals surface area contributed by atoms with E-state index >= 15 is 0 Å². The van der Waals surface area contributed by atoms with Crippen LogP contribution in [0.2, 0.25) is 0 Å². The Morgan fingerprint density at radius 1 is 0.943 bits per heavy atom. The Morgan fingerprint density at radius 2 is 1.77 bits per heavy atom. The Kier molecular flexibility index (Phi) is 6.92. The van der Waals surface area contributed by atoms with E-state index in [0.29, 0.717) is 38.6 Å². The van der Waals surface area contributed by atoms with Gasteiger partial charge in [-0.15, -0.1) is 0 Å². The standard InChI is InChI=1S/C27H31N5O3/c1-35-26-9-7-22(15-29-26)25-8-6-20(14-28-25)16-31-12-13-32(27(31)34)19-24(33)18-30-11-10-21-4-2-3-5-23(21)17-30/h2-9,14-15,24,33H,10-13,16-19H2,1H3. The minimum Gasteiger partial charge on any atom is -0.481 e. The first kappa shape index (κ1) is 23.3. The zero-order chi connectivity index (χ0) is 24.2. The van der Waals surface area contributed by atoms with Crippen molar-refractivity contribution in [3.8, 4) is 17.1 Å². The van der Waals surface area contributed by atoms with Crippen LogP contribution >= 0.6 is 0 Å². The number of ether oxygens (including phenoxy) is 1. The van der Waals surface area contributed by atoms with Crippen LogP contribution < -0.4 is 4.74 Å². The Labute approximate surface area is 205 Å². The van der Waals surface area contributed by atoms with Gasteiger partial charge in [0, 0.05) is 69.8 Å². The normalized spacial score (nSPS) is 16.9. The molecule has 2 aromatic heterocycles. The summed E-state index contributed by atoms with van der Waals surface area (Å²) in [4.78, 5) is 27.5. The summed E-state index contributed by atoms with van der Waals surface area (Å²) in [7, 11) is 1.59. The minimum absolute atomic E-state index is 0.0310. The Bertz CT molecular complexity index is 1150. The fourth-order valence-corrected chi connectivity index (χ4v) is 4.83. The molecule has 1 N–H and O–H groups in total. The lowest BCUT2D eigenvalue weighted by Gasteiger charge is -2.31. The molecule has 0 spiro atoms. The number of urea groups is 1. The van der Waals surface area contributed by atoms with E-state index in [1.165, 1.54) is 11.1 Å². The van der Waals surface area contributed by atoms with Gasteiger partial charge in [0.05, 0.1) is 18.9 Å². The van der Waals surface area contributed by atoms with Gasteiger partial charge in [0.15, 0.2) is 0 Å². The molecule has 35 heavy (non-hydrogen) atoms. The summed E-state index contributed by atoms with van der Waals surface area (Å²) in [5.41, 5.74) is 5.43. The number of methoxy groups -OCH3 is 1. The molecular weight excluding hydrogens is 442 g/mol. The molecule has 4 heterocycles. The number of carbonyl (C=O) groups excluding carboxylic acids is 1. The number of carbonyl (C=O) groups is 1. The average Bonchev–Trinajstić information content (AvgIpc) is 3.23. The van der Waals surface area contributed by atoms with Gasteiger partial charge < -0.3 is 19.6 Å². The molecule has 2 aliphatic rings. The molecule has 0 radical (unpaired) electrons. The summed E-state index contributed by atoms with van der Waals surface area (Å²) in [5.74, 6) is 0.564. The van der Waals surface area contributed by atoms with Crippen molar-refractivity contribution in [2.45, 2.75) is 25.6 Å². The van der Waals surface area contributed by atoms with Crippen LogP contribution in [-0.4, -0.2) is 81.7 Å². The third-order valence-electron chi connectivity index (χ3n) is 6.73. The number of pyridine rings is 2. The van der Waals surface area contributed by atoms with Crippen molar-refractivity contribution in [3.05, 3.63) is 77.6 Å². The number of fused-ring (bicyclic) bond motifs is 1. The van der Waals surface area contributed by atoms with Crippen molar-refractivity contribution in [1.82, 2.24) is 24.7 Å². The van der Waals surface area contributed by atoms with Gasteiger partial charge in [-0.3, -0.25) is 9.88 Å². The molecule has 0 bridgehead atoms. The molecule has 1 fully saturated rings. The van der Waals surface area contributed by atoms with Crippen LogP contribution in [0.15, 0.2) is 60.9 Å². The predicted molar refractivity (Wildman–Crippen MR) is 133 cm³/mol. The summed E-state index contributed by atoms with van der Waals surface area (Å²) in [6.45, 7) is 4.49. The van der Waals surface area contributed by atoms with E-state index in [1.807, 2.05) is 23.1 Å². The summed E-state index contributed by atoms with van der Waals surface area (Å²) < 4.78 is 5.10. The highest BCUT2D eigenvalue weighted by Gasteiger charge is 2.30. The molecular formula is C27H31N5O3. The molecule has 1 atom stereocenters. The number of amides is 2. The quantitative estimate of drug-likeness (QED) is 0.542. The Hall–Kier alpha value is -3.49. The lowest BCUT2D eigenvalue weighted by molar-refractivity contribution is 0.0812. The third-order valence-corrected chi connectivity index (χ3v) is 6.73. The number of hydrogen-bond acceptors (Lipinski definition) is 6. The highest BCUT2D eigenvalue weighted by molar-refractivity contribution is 5.76. The topological polar surface area (TPSA) is 82.0 Å². The number of aromatic nitrogens is 2. The van der Waals surface area contributed by atoms with E-state index in [1.54, 1.807) is 30.5 Å². The second kappa shape index (κ2) is 10.4. The number of rotatable bonds is 8. The molecule has 8 nitrogen and oxygen atoms in total. The highest BCUT2D eigenvalue weighted by Crippen LogP contribution is 2.21. The van der Waals surface area contributed by atoms with Gasteiger partial charge in [-0.25, -0.2) is 9.78 Å². The monoisotopic (exact) mass is 473 g/mol. The van der Waals surface area contributed by atoms with E-state index in [4.69, 9.17) is 4.74 Å². The molecule has 8 heteroatoms. The summed E-state index contributed by atoms with van der Waals surface area (Å²) in [6, 6.07) is 16.1. The van der Waals surface area contributed by atoms with Crippen molar-refractivity contribution < 1.29 is 14.6 Å². The van der Waals surface area contributed by atoms with E-state index in [0.717, 1.165) is 36.3 Å². The van der Waals surface area contributed by atoms with Crippen LogP contribution in [0, 0.1) is 0 Å². The summed E-state index contributed by atoms with van der Waals surface area (Å²) in [6.07, 6.45) is 3.97. The second-order valence-electron chi connectivity index (χ2n) is 9.20. The molecule has 5 rings (SSSR count). The average molecular weight is 474 g/mol. The van der Waals surface area contributed by atoms with Crippen molar-refractivity contribution in [2.75, 3.05) is 39.8 Å². The fourth-order valence-electron chi connectivity index (χ4n) is 4.83. The molecule has 1 unspecified atom stereocenters. The van der Waals surface area contributed by atoms with Gasteiger partial charge in [-0.1, -0.05) is 30.3 Å². The van der Waals surface area contributed by atoms with Crippen LogP contribution in [0.4, 0.5) is 4.79 Å². The van der Waals surface area contributed by atoms with Crippen LogP contribution in [0.25, 0.3) is 11.3 Å². The zero-order valence-corrected chi connectivity index (χ0v) is 20.0. The third kappa shape index (κ3) is 5.44. The first-order valence-electron chi connectivity index (χ1n) is 12.1. The lowest BCUT2D eigenvalue weighted by Crippen LogP contribution is -2.43. The SMILES string of the molecule is COc1ccc(-c2ccc(CN3CCN(CC(O)CN4CCc5ccccc5C4)C3=O)cn2)cn1. The maximum absolute atomic E-state index is 12.9. The van der Waals surface area contributed by atoms with Crippen molar-refractivity contribution >= 4 is 6.03 Å². The molecule has 0 aliphatic carbocycles. The molecule has 0 saturated carbocycles. The number of hydrogen-bond donors (Lipinski definition) is 1. The Balaban J connectivity index is 1.12. The van der Waals surface area contributed by atoms with E-state index in [-0.39, 0.29) is 6.03 Å². The van der Waals surface area contributed by atoms with Gasteiger partial charge in [-0.05, 0) is 35.2 Å². The molecule has 1 aromatic carbocycles. The number of benzene rings is 1. The summed E-state index contributed by atoms with van der Waals surface area (Å²) in [5, 5.41) is 10.7. The van der Waals surface area contributed by atoms with Crippen molar-refractivity contribution in [2.24, 2.45) is 0 Å². The van der Waals surface area contributed by atoms with Crippen molar-refractivity contribution in [1.29, 1.82) is 0 Å². The molecule has 2 aliphatic heterocycles. The summed E-state index contributed by atoms with van der Waals surface area (Å²) >= 11 is 0. The zero-order valence-electron chi connectivity index (χ0n) is 20.0. The number of aliphatic hydroxyl groups excluding tert-OH is 1. The second-order valence-corrected chi connectivity index (χ2v) is 9.20. The van der Waals surface area contributed by atoms with Gasteiger partial charge >= 0.3 is 6.03 Å². The van der Waals surface area contributed by atoms with Gasteiger partial charge in [0.2, 0.25) is 5.88 Å². The molecule has 3 aromatic rings. The highest BCUT2D eigenvalue weighted by atomic mass is 16.5. The number of β-amino-alcohol motifs (C(OH)–C–C–N with tert-alkyl or cyclic N) is 1. The minimum atomic E-state index is -0.566. The first-order valence-corrected chi connectivity index (χ1v) is 12.1.